The Bertz CT molecular complexity index is 846. The Morgan fingerprint density at radius 1 is 0.548 bits per heavy atom. The second-order valence-corrected chi connectivity index (χ2v) is 7.21. The van der Waals surface area contributed by atoms with Crippen molar-refractivity contribution in [2.24, 2.45) is 0 Å². The van der Waals surface area contributed by atoms with E-state index in [1.54, 1.807) is 12.2 Å². The van der Waals surface area contributed by atoms with E-state index >= 15 is 0 Å². The third kappa shape index (κ3) is 16.4. The predicted octanol–water partition coefficient (Wildman–Crippen LogP) is -3.07. The van der Waals surface area contributed by atoms with Gasteiger partial charge in [0.15, 0.2) is 0 Å². The Kier molecular flexibility index (Phi) is 30.2. The Morgan fingerprint density at radius 2 is 0.742 bits per heavy atom. The molecule has 2 aromatic rings. The second kappa shape index (κ2) is 19.9. The summed E-state index contributed by atoms with van der Waals surface area (Å²) >= 11 is 0. The summed E-state index contributed by atoms with van der Waals surface area (Å²) in [4.78, 5) is -0.429. The van der Waals surface area contributed by atoms with Crippen LogP contribution in [-0.4, -0.2) is 25.9 Å². The number of rotatable bonds is 4. The smallest absolute Gasteiger partial charge is 0.744 e. The predicted molar refractivity (Wildman–Crippen MR) is 118 cm³/mol. The van der Waals surface area contributed by atoms with Gasteiger partial charge in [-0.15, -0.1) is 0 Å². The van der Waals surface area contributed by atoms with Crippen molar-refractivity contribution in [2.45, 2.75) is 9.79 Å². The summed E-state index contributed by atoms with van der Waals surface area (Å²) in [7, 11) is -8.62. The fourth-order valence-electron chi connectivity index (χ4n) is 1.54. The summed E-state index contributed by atoms with van der Waals surface area (Å²) in [6, 6.07) is 11.2. The van der Waals surface area contributed by atoms with Crippen LogP contribution in [0.2, 0.25) is 0 Å². The summed E-state index contributed by atoms with van der Waals surface area (Å²) in [5.74, 6) is 0. The average molecular weight is 539 g/mol. The minimum atomic E-state index is -4.31. The van der Waals surface area contributed by atoms with Crippen molar-refractivity contribution < 1.29 is 75.6 Å². The minimum absolute atomic E-state index is 0. The van der Waals surface area contributed by atoms with E-state index in [-0.39, 0.29) is 59.4 Å². The molecular formula is C16H32CoO12S2+6. The first-order valence-electron chi connectivity index (χ1n) is 6.44. The van der Waals surface area contributed by atoms with Crippen LogP contribution in [0.3, 0.4) is 0 Å². The van der Waals surface area contributed by atoms with Gasteiger partial charge in [0.2, 0.25) is 0 Å². The molecule has 2 aromatic carbocycles. The largest absolute Gasteiger partial charge is 2.00 e. The van der Waals surface area contributed by atoms with E-state index in [9.17, 15) is 25.9 Å². The van der Waals surface area contributed by atoms with Crippen molar-refractivity contribution in [3.05, 3.63) is 72.8 Å². The van der Waals surface area contributed by atoms with Crippen LogP contribution in [0.1, 0.15) is 11.1 Å². The van der Waals surface area contributed by atoms with Crippen molar-refractivity contribution >= 4 is 32.4 Å². The first-order valence-corrected chi connectivity index (χ1v) is 9.26. The molecule has 183 valence electrons. The van der Waals surface area contributed by atoms with E-state index in [0.717, 1.165) is 11.1 Å². The van der Waals surface area contributed by atoms with Gasteiger partial charge in [0.05, 0.1) is 9.79 Å². The Morgan fingerprint density at radius 3 is 0.871 bits per heavy atom. The van der Waals surface area contributed by atoms with Crippen molar-refractivity contribution in [2.75, 3.05) is 0 Å². The monoisotopic (exact) mass is 539 g/mol. The van der Waals surface area contributed by atoms with Gasteiger partial charge < -0.3 is 42.0 Å². The quantitative estimate of drug-likeness (QED) is 0.286. The molecule has 0 saturated carbocycles. The van der Waals surface area contributed by atoms with Crippen molar-refractivity contribution in [1.29, 1.82) is 0 Å². The molecule has 31 heavy (non-hydrogen) atoms. The van der Waals surface area contributed by atoms with Gasteiger partial charge in [0, 0.05) is 0 Å². The fraction of sp³-hybridized carbons (Fsp3) is 0. The average Bonchev–Trinajstić information content (AvgIpc) is 2.54. The molecule has 0 heterocycles. The molecule has 18 N–H and O–H groups in total. The maximum absolute atomic E-state index is 10.5. The van der Waals surface area contributed by atoms with Gasteiger partial charge in [0.1, 0.15) is 20.2 Å². The molecule has 15 heteroatoms. The van der Waals surface area contributed by atoms with Crippen LogP contribution in [0.25, 0.3) is 12.2 Å². The minimum Gasteiger partial charge on any atom is -0.744 e. The van der Waals surface area contributed by atoms with E-state index < -0.39 is 20.2 Å². The molecular weight excluding hydrogens is 507 g/mol. The standard InChI is InChI=1S/2C8H8O3S.Co.6H2O/c2*1-2-7-3-5-8(6-4-7)12(9,10)11;;;;;;;/h2*2-6H,1H2,(H,9,10,11);;6*1H2/q;;+2;;;;;;/p+4. The van der Waals surface area contributed by atoms with E-state index in [2.05, 4.69) is 13.2 Å². The molecule has 0 saturated heterocycles. The fourth-order valence-corrected chi connectivity index (χ4v) is 2.48. The van der Waals surface area contributed by atoms with Gasteiger partial charge >= 0.3 is 16.8 Å². The van der Waals surface area contributed by atoms with Crippen molar-refractivity contribution in [3.63, 3.8) is 0 Å². The molecule has 0 spiro atoms. The summed E-state index contributed by atoms with van der Waals surface area (Å²) < 4.78 is 62.7. The van der Waals surface area contributed by atoms with Crippen molar-refractivity contribution in [3.8, 4) is 0 Å². The maximum Gasteiger partial charge on any atom is 2.00 e. The van der Waals surface area contributed by atoms with Gasteiger partial charge in [-0.1, -0.05) is 49.6 Å². The Balaban J connectivity index is -0.0000000606. The van der Waals surface area contributed by atoms with Crippen molar-refractivity contribution in [1.82, 2.24) is 0 Å². The van der Waals surface area contributed by atoms with Crippen LogP contribution in [0.15, 0.2) is 71.5 Å². The third-order valence-corrected chi connectivity index (χ3v) is 4.51. The maximum atomic E-state index is 10.5. The van der Waals surface area contributed by atoms with Gasteiger partial charge in [-0.05, 0) is 35.4 Å². The van der Waals surface area contributed by atoms with Crippen LogP contribution >= 0.6 is 0 Å². The van der Waals surface area contributed by atoms with Crippen LogP contribution in [-0.2, 0) is 69.9 Å². The van der Waals surface area contributed by atoms with Crippen LogP contribution < -0.4 is 0 Å². The third-order valence-electron chi connectivity index (χ3n) is 2.81. The molecule has 12 nitrogen and oxygen atoms in total. The van der Waals surface area contributed by atoms with E-state index in [1.165, 1.54) is 48.5 Å². The number of benzene rings is 2. The molecule has 0 fully saturated rings. The molecule has 1 radical (unpaired) electrons. The molecule has 0 aromatic heterocycles. The second-order valence-electron chi connectivity index (χ2n) is 4.45. The molecule has 0 unspecified atom stereocenters. The topological polar surface area (TPSA) is 312 Å². The Labute approximate surface area is 190 Å². The summed E-state index contributed by atoms with van der Waals surface area (Å²) in [6.07, 6.45) is 3.14. The molecule has 0 aliphatic rings. The van der Waals surface area contributed by atoms with Crippen LogP contribution in [0.5, 0.6) is 0 Å². The molecule has 0 aliphatic heterocycles. The SMILES string of the molecule is C=Cc1ccc(S(=O)(=O)[O-])cc1.C=Cc1ccc(S(=O)(=O)[O-])cc1.[Co+2].[OH3+].[OH3+].[OH3+].[OH3+].[OH3+].[OH3+]. The van der Waals surface area contributed by atoms with Crippen LogP contribution in [0, 0.1) is 0 Å². The Hall–Kier alpha value is -1.99. The zero-order valence-corrected chi connectivity index (χ0v) is 18.9. The van der Waals surface area contributed by atoms with Crippen LogP contribution in [0.4, 0.5) is 0 Å². The summed E-state index contributed by atoms with van der Waals surface area (Å²) in [5.41, 5.74) is 1.56. The summed E-state index contributed by atoms with van der Waals surface area (Å²) in [6.45, 7) is 6.99. The van der Waals surface area contributed by atoms with Gasteiger partial charge in [-0.25, -0.2) is 16.8 Å². The normalized spacial score (nSPS) is 8.58. The first kappa shape index (κ1) is 47.0. The molecule has 2 rings (SSSR count). The zero-order chi connectivity index (χ0) is 18.4. The van der Waals surface area contributed by atoms with E-state index in [1.807, 2.05) is 0 Å². The molecule has 0 atom stereocenters. The molecule has 0 bridgehead atoms. The zero-order valence-electron chi connectivity index (χ0n) is 16.3. The number of hydrogen-bond donors (Lipinski definition) is 0. The molecule has 0 aliphatic carbocycles. The summed E-state index contributed by atoms with van der Waals surface area (Å²) in [5, 5.41) is 0. The molecule has 0 amide bonds. The first-order chi connectivity index (χ1) is 11.1. The van der Waals surface area contributed by atoms with Gasteiger partial charge in [-0.3, -0.25) is 0 Å². The number of hydrogen-bond acceptors (Lipinski definition) is 6. The van der Waals surface area contributed by atoms with E-state index in [4.69, 9.17) is 0 Å². The van der Waals surface area contributed by atoms with Gasteiger partial charge in [-0.2, -0.15) is 0 Å². The van der Waals surface area contributed by atoms with E-state index in [0.29, 0.717) is 0 Å². The van der Waals surface area contributed by atoms with Gasteiger partial charge in [0.25, 0.3) is 0 Å².